The number of benzene rings is 1. The van der Waals surface area contributed by atoms with Crippen molar-refractivity contribution in [2.75, 3.05) is 5.32 Å². The molecule has 2 aromatic heterocycles. The number of anilines is 2. The molecule has 5 nitrogen and oxygen atoms in total. The molecule has 0 saturated carbocycles. The first-order chi connectivity index (χ1) is 13.6. The van der Waals surface area contributed by atoms with E-state index in [-0.39, 0.29) is 23.4 Å². The Bertz CT molecular complexity index is 995. The molecule has 150 valence electrons. The van der Waals surface area contributed by atoms with Gasteiger partial charge in [0.15, 0.2) is 11.6 Å². The van der Waals surface area contributed by atoms with Crippen molar-refractivity contribution in [3.63, 3.8) is 0 Å². The van der Waals surface area contributed by atoms with E-state index < -0.39 is 17.9 Å². The molecule has 29 heavy (non-hydrogen) atoms. The summed E-state index contributed by atoms with van der Waals surface area (Å²) in [5, 5.41) is 2.85. The second-order valence-corrected chi connectivity index (χ2v) is 5.66. The average Bonchev–Trinajstić information content (AvgIpc) is 2.66. The van der Waals surface area contributed by atoms with Crippen molar-refractivity contribution in [2.45, 2.75) is 12.4 Å². The molecule has 2 heterocycles. The fourth-order valence-corrected chi connectivity index (χ4v) is 2.24. The highest BCUT2D eigenvalue weighted by atomic mass is 19.4. The topological polar surface area (TPSA) is 63.6 Å². The summed E-state index contributed by atoms with van der Waals surface area (Å²) in [6.07, 6.45) is -2.90. The van der Waals surface area contributed by atoms with Crippen LogP contribution in [0.25, 0.3) is 17.3 Å². The van der Waals surface area contributed by atoms with Gasteiger partial charge >= 0.3 is 12.4 Å². The van der Waals surface area contributed by atoms with Gasteiger partial charge in [0.2, 0.25) is 0 Å². The highest BCUT2D eigenvalue weighted by Crippen LogP contribution is 2.31. The number of nitrogens with zero attached hydrogens (tertiary/aromatic N) is 4. The van der Waals surface area contributed by atoms with Crippen LogP contribution in [0, 0.1) is 0 Å². The Kier molecular flexibility index (Phi) is 5.48. The van der Waals surface area contributed by atoms with Crippen LogP contribution in [0.3, 0.4) is 0 Å². The molecule has 0 fully saturated rings. The van der Waals surface area contributed by atoms with Crippen LogP contribution in [-0.4, -0.2) is 26.1 Å². The van der Waals surface area contributed by atoms with Crippen LogP contribution in [0.2, 0.25) is 0 Å². The minimum Gasteiger partial charge on any atom is -0.338 e. The third-order valence-corrected chi connectivity index (χ3v) is 3.54. The fraction of sp³-hybridized carbons (Fsp3) is 0.111. The van der Waals surface area contributed by atoms with E-state index in [9.17, 15) is 26.3 Å². The molecule has 1 aromatic carbocycles. The molecule has 0 radical (unpaired) electrons. The maximum atomic E-state index is 12.7. The molecule has 0 atom stereocenters. The van der Waals surface area contributed by atoms with Crippen LogP contribution in [0.1, 0.15) is 11.4 Å². The summed E-state index contributed by atoms with van der Waals surface area (Å²) >= 11 is 0. The second-order valence-electron chi connectivity index (χ2n) is 5.66. The molecule has 3 rings (SSSR count). The van der Waals surface area contributed by atoms with Crippen LogP contribution >= 0.6 is 0 Å². The van der Waals surface area contributed by atoms with Gasteiger partial charge in [-0.15, -0.1) is 0 Å². The van der Waals surface area contributed by atoms with Crippen molar-refractivity contribution in [1.29, 1.82) is 0 Å². The van der Waals surface area contributed by atoms with E-state index in [1.54, 1.807) is 0 Å². The summed E-state index contributed by atoms with van der Waals surface area (Å²) in [4.78, 5) is 15.9. The summed E-state index contributed by atoms with van der Waals surface area (Å²) in [7, 11) is 0. The highest BCUT2D eigenvalue weighted by molar-refractivity contribution is 5.74. The maximum Gasteiger partial charge on any atom is 0.416 e. The third-order valence-electron chi connectivity index (χ3n) is 3.54. The Hall–Kier alpha value is -3.50. The zero-order valence-electron chi connectivity index (χ0n) is 14.3. The minimum absolute atomic E-state index is 0.0158. The molecule has 0 aliphatic carbocycles. The van der Waals surface area contributed by atoms with E-state index in [2.05, 4.69) is 25.3 Å². The smallest absolute Gasteiger partial charge is 0.338 e. The molecular weight excluding hydrogens is 400 g/mol. The lowest BCUT2D eigenvalue weighted by Crippen LogP contribution is -2.05. The van der Waals surface area contributed by atoms with E-state index in [0.717, 1.165) is 18.2 Å². The summed E-state index contributed by atoms with van der Waals surface area (Å²) in [5.74, 6) is 0.0710. The van der Waals surface area contributed by atoms with Crippen LogP contribution in [0.4, 0.5) is 37.8 Å². The van der Waals surface area contributed by atoms with E-state index in [0.29, 0.717) is 11.3 Å². The van der Waals surface area contributed by atoms with Gasteiger partial charge in [0.25, 0.3) is 0 Å². The Balaban J connectivity index is 1.83. The molecule has 0 aliphatic heterocycles. The zero-order valence-corrected chi connectivity index (χ0v) is 14.3. The number of halogens is 6. The number of allylic oxidation sites excluding steroid dienone is 1. The molecule has 0 spiro atoms. The molecular formula is C18H11F6N5. The van der Waals surface area contributed by atoms with Crippen LogP contribution in [0.5, 0.6) is 0 Å². The second kappa shape index (κ2) is 7.86. The van der Waals surface area contributed by atoms with Gasteiger partial charge in [-0.25, -0.2) is 15.0 Å². The molecule has 3 aromatic rings. The lowest BCUT2D eigenvalue weighted by Gasteiger charge is -2.11. The van der Waals surface area contributed by atoms with Gasteiger partial charge in [0.05, 0.1) is 5.56 Å². The fourth-order valence-electron chi connectivity index (χ4n) is 2.24. The van der Waals surface area contributed by atoms with E-state index in [1.807, 2.05) is 0 Å². The Morgan fingerprint density at radius 2 is 1.41 bits per heavy atom. The van der Waals surface area contributed by atoms with Crippen molar-refractivity contribution in [1.82, 2.24) is 19.9 Å². The van der Waals surface area contributed by atoms with Crippen LogP contribution in [-0.2, 0) is 6.18 Å². The zero-order chi connectivity index (χ0) is 21.1. The Morgan fingerprint density at radius 3 is 2.00 bits per heavy atom. The van der Waals surface area contributed by atoms with Crippen molar-refractivity contribution >= 4 is 17.6 Å². The summed E-state index contributed by atoms with van der Waals surface area (Å²) in [5.41, 5.74) is 0.180. The standard InChI is InChI=1S/C18H11F6N5/c19-17(20,21)6-5-14-27-9-11(10-28-14)15-16(26-8-7-25-15)29-13-3-1-12(2-4-13)18(22,23)24/h1-10H,(H,26,29)/b6-5+. The van der Waals surface area contributed by atoms with Crippen LogP contribution < -0.4 is 5.32 Å². The predicted molar refractivity (Wildman–Crippen MR) is 92.9 cm³/mol. The SMILES string of the molecule is FC(F)(F)/C=C/c1ncc(-c2nccnc2Nc2ccc(C(F)(F)F)cc2)cn1. The van der Waals surface area contributed by atoms with Crippen molar-refractivity contribution in [3.8, 4) is 11.3 Å². The predicted octanol–water partition coefficient (Wildman–Crippen LogP) is 5.27. The molecule has 0 amide bonds. The van der Waals surface area contributed by atoms with Gasteiger partial charge in [-0.2, -0.15) is 26.3 Å². The quantitative estimate of drug-likeness (QED) is 0.593. The summed E-state index contributed by atoms with van der Waals surface area (Å²) < 4.78 is 74.6. The highest BCUT2D eigenvalue weighted by Gasteiger charge is 2.30. The summed E-state index contributed by atoms with van der Waals surface area (Å²) in [6, 6.07) is 4.32. The normalized spacial score (nSPS) is 12.3. The number of rotatable bonds is 4. The number of nitrogens with one attached hydrogen (secondary N) is 1. The first-order valence-corrected chi connectivity index (χ1v) is 7.95. The van der Waals surface area contributed by atoms with Gasteiger partial charge in [0, 0.05) is 42.1 Å². The first kappa shape index (κ1) is 20.2. The van der Waals surface area contributed by atoms with Gasteiger partial charge in [-0.1, -0.05) is 0 Å². The number of hydrogen-bond donors (Lipinski definition) is 1. The van der Waals surface area contributed by atoms with Crippen molar-refractivity contribution in [3.05, 3.63) is 66.5 Å². The average molecular weight is 411 g/mol. The Morgan fingerprint density at radius 1 is 0.793 bits per heavy atom. The lowest BCUT2D eigenvalue weighted by molar-refractivity contribution is -0.137. The number of hydrogen-bond acceptors (Lipinski definition) is 5. The molecule has 0 saturated heterocycles. The Labute approximate surface area is 160 Å². The molecule has 11 heteroatoms. The lowest BCUT2D eigenvalue weighted by atomic mass is 10.2. The van der Waals surface area contributed by atoms with Gasteiger partial charge in [0.1, 0.15) is 5.69 Å². The van der Waals surface area contributed by atoms with E-state index in [1.165, 1.54) is 36.9 Å². The van der Waals surface area contributed by atoms with Gasteiger partial charge in [-0.3, -0.25) is 4.98 Å². The number of alkyl halides is 6. The maximum absolute atomic E-state index is 12.7. The molecule has 1 N–H and O–H groups in total. The van der Waals surface area contributed by atoms with Gasteiger partial charge in [-0.05, 0) is 30.3 Å². The molecule has 0 unspecified atom stereocenters. The van der Waals surface area contributed by atoms with E-state index >= 15 is 0 Å². The van der Waals surface area contributed by atoms with Crippen molar-refractivity contribution < 1.29 is 26.3 Å². The van der Waals surface area contributed by atoms with Gasteiger partial charge < -0.3 is 5.32 Å². The third kappa shape index (κ3) is 5.50. The monoisotopic (exact) mass is 411 g/mol. The molecule has 0 bridgehead atoms. The minimum atomic E-state index is -4.48. The van der Waals surface area contributed by atoms with Crippen LogP contribution in [0.15, 0.2) is 55.1 Å². The summed E-state index contributed by atoms with van der Waals surface area (Å²) in [6.45, 7) is 0. The van der Waals surface area contributed by atoms with E-state index in [4.69, 9.17) is 0 Å². The van der Waals surface area contributed by atoms with Crippen molar-refractivity contribution in [2.24, 2.45) is 0 Å². The first-order valence-electron chi connectivity index (χ1n) is 7.95. The largest absolute Gasteiger partial charge is 0.416 e. The molecule has 0 aliphatic rings. The number of aromatic nitrogens is 4.